The van der Waals surface area contributed by atoms with Crippen LogP contribution in [0, 0.1) is 0 Å². The van der Waals surface area contributed by atoms with Crippen LogP contribution in [-0.4, -0.2) is 22.3 Å². The average Bonchev–Trinajstić information content (AvgIpc) is 2.44. The van der Waals surface area contributed by atoms with Gasteiger partial charge in [-0.15, -0.1) is 0 Å². The van der Waals surface area contributed by atoms with Crippen molar-refractivity contribution in [3.63, 3.8) is 0 Å². The topological polar surface area (TPSA) is 57.5 Å². The van der Waals surface area contributed by atoms with Gasteiger partial charge in [-0.05, 0) is 25.7 Å². The van der Waals surface area contributed by atoms with Crippen LogP contribution in [0.15, 0.2) is 24.3 Å². The minimum Gasteiger partial charge on any atom is -0.481 e. The van der Waals surface area contributed by atoms with Crippen LogP contribution >= 0.6 is 0 Å². The van der Waals surface area contributed by atoms with Crippen molar-refractivity contribution in [3.8, 4) is 0 Å². The van der Waals surface area contributed by atoms with Gasteiger partial charge in [0.2, 0.25) is 0 Å². The van der Waals surface area contributed by atoms with E-state index in [0.29, 0.717) is 6.42 Å². The Morgan fingerprint density at radius 1 is 1.00 bits per heavy atom. The fraction of sp³-hybridized carbons (Fsp3) is 0.722. The highest BCUT2D eigenvalue weighted by molar-refractivity contribution is 5.66. The van der Waals surface area contributed by atoms with Crippen molar-refractivity contribution >= 4 is 5.97 Å². The molecule has 0 heterocycles. The quantitative estimate of drug-likeness (QED) is 0.355. The minimum atomic E-state index is -0.693. The van der Waals surface area contributed by atoms with Gasteiger partial charge in [-0.2, -0.15) is 0 Å². The number of rotatable bonds is 14. The minimum absolute atomic E-state index is 0.297. The number of carboxylic acid groups (broad SMARTS) is 1. The molecule has 0 aliphatic heterocycles. The molecule has 0 aromatic carbocycles. The number of aliphatic hydroxyl groups excluding tert-OH is 1. The normalized spacial score (nSPS) is 13.2. The summed E-state index contributed by atoms with van der Waals surface area (Å²) in [6, 6.07) is 0. The Morgan fingerprint density at radius 3 is 2.43 bits per heavy atom. The zero-order chi connectivity index (χ0) is 15.8. The third kappa shape index (κ3) is 16.9. The Hall–Kier alpha value is -1.09. The van der Waals surface area contributed by atoms with Gasteiger partial charge in [-0.1, -0.05) is 69.8 Å². The Bertz CT molecular complexity index is 295. The molecule has 3 heteroatoms. The number of allylic oxidation sites excluding steroid dienone is 3. The molecule has 3 nitrogen and oxygen atoms in total. The maximum atomic E-state index is 10.3. The molecule has 0 saturated carbocycles. The molecule has 0 spiro atoms. The lowest BCUT2D eigenvalue weighted by molar-refractivity contribution is -0.137. The second-order valence-corrected chi connectivity index (χ2v) is 5.58. The third-order valence-electron chi connectivity index (χ3n) is 3.45. The summed E-state index contributed by atoms with van der Waals surface area (Å²) in [6.07, 6.45) is 18.5. The Kier molecular flexibility index (Phi) is 14.5. The summed E-state index contributed by atoms with van der Waals surface area (Å²) in [7, 11) is 0. The van der Waals surface area contributed by atoms with Crippen molar-refractivity contribution in [1.29, 1.82) is 0 Å². The van der Waals surface area contributed by atoms with Crippen LogP contribution in [0.5, 0.6) is 0 Å². The number of carbonyl (C=O) groups is 1. The van der Waals surface area contributed by atoms with Crippen LogP contribution in [0.4, 0.5) is 0 Å². The van der Waals surface area contributed by atoms with Crippen molar-refractivity contribution in [2.24, 2.45) is 0 Å². The van der Waals surface area contributed by atoms with Gasteiger partial charge in [-0.25, -0.2) is 0 Å². The van der Waals surface area contributed by atoms with E-state index in [-0.39, 0.29) is 6.10 Å². The molecule has 21 heavy (non-hydrogen) atoms. The molecule has 0 aromatic rings. The second-order valence-electron chi connectivity index (χ2n) is 5.58. The predicted molar refractivity (Wildman–Crippen MR) is 88.4 cm³/mol. The van der Waals surface area contributed by atoms with E-state index in [1.54, 1.807) is 0 Å². The molecular weight excluding hydrogens is 264 g/mol. The highest BCUT2D eigenvalue weighted by Gasteiger charge is 1.97. The largest absolute Gasteiger partial charge is 0.481 e. The summed E-state index contributed by atoms with van der Waals surface area (Å²) < 4.78 is 0. The van der Waals surface area contributed by atoms with Gasteiger partial charge in [0.15, 0.2) is 0 Å². The van der Waals surface area contributed by atoms with Gasteiger partial charge in [0.05, 0.1) is 6.10 Å². The number of aliphatic hydroxyl groups is 1. The van der Waals surface area contributed by atoms with Crippen molar-refractivity contribution in [3.05, 3.63) is 24.3 Å². The Labute approximate surface area is 129 Å². The lowest BCUT2D eigenvalue weighted by Crippen LogP contribution is -2.00. The Morgan fingerprint density at radius 2 is 1.71 bits per heavy atom. The number of unbranched alkanes of at least 4 members (excludes halogenated alkanes) is 7. The molecular formula is C18H32O3. The standard InChI is InChI=1S/C18H32O3/c1-2-3-11-14-17(19)15-12-9-7-5-4-6-8-10-13-16-18(20)21/h7,9,12,15,17,19H,2-6,8,10-11,13-14,16H2,1H3,(H,20,21)/b9-7-,15-12-/t17-/m1/s1. The first-order valence-corrected chi connectivity index (χ1v) is 8.40. The molecule has 0 radical (unpaired) electrons. The predicted octanol–water partition coefficient (Wildman–Crippen LogP) is 4.86. The molecule has 0 aliphatic rings. The van der Waals surface area contributed by atoms with Gasteiger partial charge in [0, 0.05) is 6.42 Å². The summed E-state index contributed by atoms with van der Waals surface area (Å²) in [4.78, 5) is 10.3. The van der Waals surface area contributed by atoms with E-state index in [0.717, 1.165) is 51.4 Å². The summed E-state index contributed by atoms with van der Waals surface area (Å²) in [5.74, 6) is -0.693. The molecule has 0 rings (SSSR count). The number of carboxylic acids is 1. The van der Waals surface area contributed by atoms with E-state index < -0.39 is 5.97 Å². The molecule has 0 aromatic heterocycles. The van der Waals surface area contributed by atoms with Crippen LogP contribution in [0.2, 0.25) is 0 Å². The fourth-order valence-electron chi connectivity index (χ4n) is 2.14. The van der Waals surface area contributed by atoms with Gasteiger partial charge in [0.25, 0.3) is 0 Å². The Balaban J connectivity index is 3.37. The second kappa shape index (κ2) is 15.3. The molecule has 0 aliphatic carbocycles. The van der Waals surface area contributed by atoms with Crippen molar-refractivity contribution in [2.75, 3.05) is 0 Å². The lowest BCUT2D eigenvalue weighted by atomic mass is 10.1. The van der Waals surface area contributed by atoms with Crippen LogP contribution in [-0.2, 0) is 4.79 Å². The van der Waals surface area contributed by atoms with Crippen LogP contribution in [0.25, 0.3) is 0 Å². The summed E-state index contributed by atoms with van der Waals surface area (Å²) in [5.41, 5.74) is 0. The van der Waals surface area contributed by atoms with Crippen molar-refractivity contribution in [1.82, 2.24) is 0 Å². The third-order valence-corrected chi connectivity index (χ3v) is 3.45. The van der Waals surface area contributed by atoms with Gasteiger partial charge < -0.3 is 10.2 Å². The van der Waals surface area contributed by atoms with Crippen LogP contribution in [0.1, 0.15) is 77.6 Å². The van der Waals surface area contributed by atoms with Crippen LogP contribution in [0.3, 0.4) is 0 Å². The van der Waals surface area contributed by atoms with E-state index in [1.807, 2.05) is 18.2 Å². The summed E-state index contributed by atoms with van der Waals surface area (Å²) >= 11 is 0. The molecule has 0 unspecified atom stereocenters. The zero-order valence-electron chi connectivity index (χ0n) is 13.5. The monoisotopic (exact) mass is 296 g/mol. The smallest absolute Gasteiger partial charge is 0.303 e. The maximum Gasteiger partial charge on any atom is 0.303 e. The zero-order valence-corrected chi connectivity index (χ0v) is 13.5. The molecule has 1 atom stereocenters. The number of hydrogen-bond donors (Lipinski definition) is 2. The average molecular weight is 296 g/mol. The summed E-state index contributed by atoms with van der Waals surface area (Å²) in [6.45, 7) is 2.16. The number of hydrogen-bond acceptors (Lipinski definition) is 2. The van der Waals surface area contributed by atoms with E-state index in [2.05, 4.69) is 13.0 Å². The highest BCUT2D eigenvalue weighted by atomic mass is 16.4. The van der Waals surface area contributed by atoms with Gasteiger partial charge >= 0.3 is 5.97 Å². The van der Waals surface area contributed by atoms with E-state index in [9.17, 15) is 9.90 Å². The highest BCUT2D eigenvalue weighted by Crippen LogP contribution is 2.08. The first-order chi connectivity index (χ1) is 10.2. The van der Waals surface area contributed by atoms with E-state index >= 15 is 0 Å². The molecule has 122 valence electrons. The lowest BCUT2D eigenvalue weighted by Gasteiger charge is -2.03. The summed E-state index contributed by atoms with van der Waals surface area (Å²) in [5, 5.41) is 18.2. The number of aliphatic carboxylic acids is 1. The first kappa shape index (κ1) is 19.9. The molecule has 0 bridgehead atoms. The first-order valence-electron chi connectivity index (χ1n) is 8.40. The van der Waals surface area contributed by atoms with Gasteiger partial charge in [0.1, 0.15) is 0 Å². The van der Waals surface area contributed by atoms with Crippen molar-refractivity contribution in [2.45, 2.75) is 83.7 Å². The SMILES string of the molecule is CCCCC[C@@H](O)/C=C\C=C/CCCCCCCC(=O)O. The molecule has 0 amide bonds. The van der Waals surface area contributed by atoms with E-state index in [4.69, 9.17) is 5.11 Å². The van der Waals surface area contributed by atoms with Crippen LogP contribution < -0.4 is 0 Å². The molecule has 2 N–H and O–H groups in total. The van der Waals surface area contributed by atoms with Gasteiger partial charge in [-0.3, -0.25) is 4.79 Å². The fourth-order valence-corrected chi connectivity index (χ4v) is 2.14. The maximum absolute atomic E-state index is 10.3. The van der Waals surface area contributed by atoms with E-state index in [1.165, 1.54) is 12.8 Å². The molecule has 0 saturated heterocycles. The molecule has 0 fully saturated rings. The van der Waals surface area contributed by atoms with Crippen molar-refractivity contribution < 1.29 is 15.0 Å².